The van der Waals surface area contributed by atoms with Gasteiger partial charge < -0.3 is 4.57 Å². The van der Waals surface area contributed by atoms with Gasteiger partial charge in [0.25, 0.3) is 0 Å². The molecule has 0 aliphatic rings. The second kappa shape index (κ2) is 10.1. The van der Waals surface area contributed by atoms with Crippen molar-refractivity contribution in [2.45, 2.75) is 0 Å². The molecular weight excluding hydrogens is 617 g/mol. The van der Waals surface area contributed by atoms with Crippen LogP contribution < -0.4 is 0 Å². The average Bonchev–Trinajstić information content (AvgIpc) is 3.82. The summed E-state index contributed by atoms with van der Waals surface area (Å²) in [7, 11) is 0. The first-order chi connectivity index (χ1) is 24.3. The molecule has 0 unspecified atom stereocenters. The Morgan fingerprint density at radius 1 is 0.429 bits per heavy atom. The third kappa shape index (κ3) is 3.79. The Bertz CT molecular complexity index is 3110. The number of nitrogens with zero attached hydrogens (tertiary/aromatic N) is 4. The Balaban J connectivity index is 1.23. The van der Waals surface area contributed by atoms with Gasteiger partial charge in [0.1, 0.15) is 0 Å². The highest BCUT2D eigenvalue weighted by molar-refractivity contribution is 7.26. The molecule has 0 N–H and O–H groups in total. The van der Waals surface area contributed by atoms with Crippen molar-refractivity contribution in [1.29, 1.82) is 0 Å². The largest absolute Gasteiger partial charge is 0.309 e. The molecule has 0 saturated carbocycles. The van der Waals surface area contributed by atoms with E-state index in [0.717, 1.165) is 38.9 Å². The fraction of sp³-hybridized carbons (Fsp3) is 0. The molecule has 0 atom stereocenters. The molecule has 4 nitrogen and oxygen atoms in total. The Hall–Kier alpha value is -6.30. The molecule has 11 rings (SSSR count). The zero-order valence-electron chi connectivity index (χ0n) is 26.2. The summed E-state index contributed by atoms with van der Waals surface area (Å²) in [6.07, 6.45) is 0. The van der Waals surface area contributed by atoms with Crippen molar-refractivity contribution in [2.75, 3.05) is 0 Å². The van der Waals surface area contributed by atoms with Crippen LogP contribution in [-0.4, -0.2) is 19.1 Å². The Morgan fingerprint density at radius 2 is 1.08 bits per heavy atom. The van der Waals surface area contributed by atoms with Crippen LogP contribution in [0.4, 0.5) is 0 Å². The molecule has 0 saturated heterocycles. The third-order valence-corrected chi connectivity index (χ3v) is 11.1. The molecule has 0 aliphatic heterocycles. The number of para-hydroxylation sites is 4. The maximum Gasteiger partial charge on any atom is 0.235 e. The van der Waals surface area contributed by atoms with E-state index in [1.807, 2.05) is 11.3 Å². The summed E-state index contributed by atoms with van der Waals surface area (Å²) in [4.78, 5) is 10.8. The second-order valence-electron chi connectivity index (χ2n) is 12.6. The van der Waals surface area contributed by atoms with E-state index in [2.05, 4.69) is 167 Å². The summed E-state index contributed by atoms with van der Waals surface area (Å²) < 4.78 is 7.19. The fourth-order valence-corrected chi connectivity index (χ4v) is 8.94. The van der Waals surface area contributed by atoms with Crippen LogP contribution in [0.15, 0.2) is 158 Å². The van der Waals surface area contributed by atoms with Crippen LogP contribution in [0.5, 0.6) is 0 Å². The average molecular weight is 643 g/mol. The van der Waals surface area contributed by atoms with E-state index >= 15 is 0 Å². The van der Waals surface area contributed by atoms with Crippen molar-refractivity contribution in [3.8, 4) is 22.9 Å². The van der Waals surface area contributed by atoms with Gasteiger partial charge in [-0.15, -0.1) is 11.3 Å². The number of aromatic nitrogens is 4. The highest BCUT2D eigenvalue weighted by Gasteiger charge is 2.21. The van der Waals surface area contributed by atoms with E-state index in [-0.39, 0.29) is 0 Å². The molecule has 11 aromatic rings. The van der Waals surface area contributed by atoms with Gasteiger partial charge in [-0.2, -0.15) is 0 Å². The lowest BCUT2D eigenvalue weighted by Gasteiger charge is -2.13. The zero-order valence-corrected chi connectivity index (χ0v) is 27.0. The summed E-state index contributed by atoms with van der Waals surface area (Å²) in [5.41, 5.74) is 8.66. The maximum absolute atomic E-state index is 5.49. The van der Waals surface area contributed by atoms with Gasteiger partial charge >= 0.3 is 0 Å². The van der Waals surface area contributed by atoms with Gasteiger partial charge in [-0.25, -0.2) is 9.97 Å². The maximum atomic E-state index is 5.49. The van der Waals surface area contributed by atoms with Crippen LogP contribution >= 0.6 is 11.3 Å². The molecule has 0 radical (unpaired) electrons. The molecule has 0 aliphatic carbocycles. The first-order valence-corrected chi connectivity index (χ1v) is 17.3. The summed E-state index contributed by atoms with van der Waals surface area (Å²) in [5, 5.41) is 8.37. The van der Waals surface area contributed by atoms with Crippen LogP contribution in [0.1, 0.15) is 0 Å². The van der Waals surface area contributed by atoms with E-state index in [1.165, 1.54) is 52.8 Å². The Kier molecular flexibility index (Phi) is 5.51. The van der Waals surface area contributed by atoms with Gasteiger partial charge in [-0.3, -0.25) is 4.57 Å². The minimum absolute atomic E-state index is 0.675. The normalized spacial score (nSPS) is 12.1. The van der Waals surface area contributed by atoms with Gasteiger partial charge in [0.2, 0.25) is 5.95 Å². The molecule has 5 heteroatoms. The minimum atomic E-state index is 0.675. The number of rotatable bonds is 3. The first-order valence-electron chi connectivity index (χ1n) is 16.5. The zero-order chi connectivity index (χ0) is 32.1. The topological polar surface area (TPSA) is 35.6 Å². The van der Waals surface area contributed by atoms with Crippen molar-refractivity contribution in [1.82, 2.24) is 19.1 Å². The van der Waals surface area contributed by atoms with E-state index in [1.54, 1.807) is 0 Å². The minimum Gasteiger partial charge on any atom is -0.309 e. The monoisotopic (exact) mass is 642 g/mol. The van der Waals surface area contributed by atoms with E-state index in [9.17, 15) is 0 Å². The van der Waals surface area contributed by atoms with Gasteiger partial charge in [-0.1, -0.05) is 103 Å². The molecule has 0 fully saturated rings. The molecular formula is C44H26N4S. The quantitative estimate of drug-likeness (QED) is 0.192. The van der Waals surface area contributed by atoms with Gasteiger partial charge in [-0.05, 0) is 54.6 Å². The predicted octanol–water partition coefficient (Wildman–Crippen LogP) is 11.9. The van der Waals surface area contributed by atoms with Crippen LogP contribution in [0.2, 0.25) is 0 Å². The summed E-state index contributed by atoms with van der Waals surface area (Å²) in [6.45, 7) is 0. The van der Waals surface area contributed by atoms with E-state index in [4.69, 9.17) is 9.97 Å². The van der Waals surface area contributed by atoms with Crippen LogP contribution in [0, 0.1) is 0 Å². The number of hydrogen-bond donors (Lipinski definition) is 0. The molecule has 0 amide bonds. The van der Waals surface area contributed by atoms with Crippen molar-refractivity contribution in [3.63, 3.8) is 0 Å². The highest BCUT2D eigenvalue weighted by atomic mass is 32.1. The lowest BCUT2D eigenvalue weighted by molar-refractivity contribution is 1.02. The van der Waals surface area contributed by atoms with Crippen molar-refractivity contribution < 1.29 is 0 Å². The molecule has 0 bridgehead atoms. The Labute approximate surface area is 284 Å². The third-order valence-electron chi connectivity index (χ3n) is 9.93. The van der Waals surface area contributed by atoms with Crippen molar-refractivity contribution in [3.05, 3.63) is 158 Å². The standard InChI is InChI=1S/C44H26N4S/c1-2-12-28(13-3-1)47-36-19-9-6-15-30(36)34-26-27(22-24-38(34)47)42-32-16-4-8-18-35(32)45-44(46-42)48-37-20-10-5-14-29(37)31-23-25-40-41(43(31)48)33-17-7-11-21-39(33)49-40/h1-26H. The summed E-state index contributed by atoms with van der Waals surface area (Å²) in [6, 6.07) is 56.3. The van der Waals surface area contributed by atoms with Gasteiger partial charge in [0.05, 0.1) is 33.3 Å². The van der Waals surface area contributed by atoms with E-state index in [0.29, 0.717) is 5.95 Å². The number of fused-ring (bicyclic) bond motifs is 11. The van der Waals surface area contributed by atoms with Crippen molar-refractivity contribution >= 4 is 86.0 Å². The molecule has 0 spiro atoms. The molecule has 4 aromatic heterocycles. The van der Waals surface area contributed by atoms with Crippen molar-refractivity contribution in [2.24, 2.45) is 0 Å². The van der Waals surface area contributed by atoms with Gasteiger partial charge in [0, 0.05) is 58.4 Å². The number of benzene rings is 7. The lowest BCUT2D eigenvalue weighted by atomic mass is 10.0. The first kappa shape index (κ1) is 26.7. The molecule has 228 valence electrons. The lowest BCUT2D eigenvalue weighted by Crippen LogP contribution is -2.03. The van der Waals surface area contributed by atoms with Crippen LogP contribution in [0.25, 0.3) is 97.6 Å². The van der Waals surface area contributed by atoms with Crippen LogP contribution in [0.3, 0.4) is 0 Å². The predicted molar refractivity (Wildman–Crippen MR) is 207 cm³/mol. The van der Waals surface area contributed by atoms with E-state index < -0.39 is 0 Å². The molecule has 49 heavy (non-hydrogen) atoms. The molecule has 4 heterocycles. The number of thiophene rings is 1. The second-order valence-corrected chi connectivity index (χ2v) is 13.7. The highest BCUT2D eigenvalue weighted by Crippen LogP contribution is 2.43. The summed E-state index contributed by atoms with van der Waals surface area (Å²) >= 11 is 1.84. The summed E-state index contributed by atoms with van der Waals surface area (Å²) in [5.74, 6) is 0.675. The molecule has 7 aromatic carbocycles. The Morgan fingerprint density at radius 3 is 1.92 bits per heavy atom. The van der Waals surface area contributed by atoms with Crippen LogP contribution in [-0.2, 0) is 0 Å². The number of hydrogen-bond acceptors (Lipinski definition) is 3. The SMILES string of the molecule is c1ccc(-n2c3ccccc3c3cc(-c4nc(-n5c6ccccc6c6ccc7sc8ccccc8c7c65)nc5ccccc45)ccc32)cc1. The van der Waals surface area contributed by atoms with Gasteiger partial charge in [0.15, 0.2) is 0 Å². The smallest absolute Gasteiger partial charge is 0.235 e. The fourth-order valence-electron chi connectivity index (χ4n) is 7.83.